The van der Waals surface area contributed by atoms with Crippen molar-refractivity contribution in [3.05, 3.63) is 51.0 Å². The molecule has 28 heavy (non-hydrogen) atoms. The molecule has 0 bridgehead atoms. The van der Waals surface area contributed by atoms with Gasteiger partial charge in [0.2, 0.25) is 0 Å². The minimum atomic E-state index is -0.567. The van der Waals surface area contributed by atoms with Crippen LogP contribution in [0.25, 0.3) is 16.8 Å². The summed E-state index contributed by atoms with van der Waals surface area (Å²) in [4.78, 5) is 32.3. The van der Waals surface area contributed by atoms with Crippen LogP contribution >= 0.6 is 15.9 Å². The predicted molar refractivity (Wildman–Crippen MR) is 107 cm³/mol. The number of rotatable bonds is 8. The van der Waals surface area contributed by atoms with E-state index in [2.05, 4.69) is 25.9 Å². The van der Waals surface area contributed by atoms with Crippen LogP contribution in [0.1, 0.15) is 24.2 Å². The van der Waals surface area contributed by atoms with Crippen molar-refractivity contribution in [2.75, 3.05) is 26.4 Å². The van der Waals surface area contributed by atoms with E-state index in [0.717, 1.165) is 5.56 Å². The Morgan fingerprint density at radius 2 is 1.93 bits per heavy atom. The van der Waals surface area contributed by atoms with Gasteiger partial charge in [0.05, 0.1) is 13.2 Å². The smallest absolute Gasteiger partial charge is 0.342 e. The Hall–Kier alpha value is -2.65. The van der Waals surface area contributed by atoms with Gasteiger partial charge >= 0.3 is 11.7 Å². The third-order valence-electron chi connectivity index (χ3n) is 3.93. The van der Waals surface area contributed by atoms with Gasteiger partial charge in [-0.2, -0.15) is 4.98 Å². The summed E-state index contributed by atoms with van der Waals surface area (Å²) in [6.07, 6.45) is 0. The average molecular weight is 450 g/mol. The molecule has 0 unspecified atom stereocenters. The number of hydrogen-bond donors (Lipinski definition) is 1. The summed E-state index contributed by atoms with van der Waals surface area (Å²) in [5.74, 6) is -0.567. The van der Waals surface area contributed by atoms with Crippen LogP contribution in [-0.2, 0) is 9.47 Å². The van der Waals surface area contributed by atoms with Gasteiger partial charge in [-0.1, -0.05) is 30.3 Å². The SMILES string of the molecule is CCOCCOc1nc2c(C(=O)OCC)c(-c3ccccc3)c(Br)n2c(=O)[nH]1. The second kappa shape index (κ2) is 9.03. The Balaban J connectivity index is 2.18. The van der Waals surface area contributed by atoms with E-state index in [0.29, 0.717) is 23.4 Å². The molecule has 0 fully saturated rings. The van der Waals surface area contributed by atoms with Gasteiger partial charge in [0, 0.05) is 12.2 Å². The second-order valence-corrected chi connectivity index (χ2v) is 6.43. The third kappa shape index (κ3) is 3.95. The maximum Gasteiger partial charge on any atom is 0.342 e. The molecule has 3 rings (SSSR count). The first-order valence-electron chi connectivity index (χ1n) is 8.85. The molecule has 1 N–H and O–H groups in total. The number of nitrogens with one attached hydrogen (secondary N) is 1. The number of halogens is 1. The lowest BCUT2D eigenvalue weighted by atomic mass is 10.0. The Labute approximate surface area is 169 Å². The summed E-state index contributed by atoms with van der Waals surface area (Å²) >= 11 is 3.44. The van der Waals surface area contributed by atoms with Crippen LogP contribution in [0.4, 0.5) is 0 Å². The highest BCUT2D eigenvalue weighted by Crippen LogP contribution is 2.36. The van der Waals surface area contributed by atoms with E-state index in [4.69, 9.17) is 14.2 Å². The standard InChI is InChI=1S/C19H20BrN3O5/c1-3-26-10-11-28-18-21-16-14(17(24)27-4-2)13(12-8-6-5-7-9-12)15(20)23(16)19(25)22-18/h5-9H,3-4,10-11H2,1-2H3,(H,21,22,25). The van der Waals surface area contributed by atoms with E-state index in [1.807, 2.05) is 37.3 Å². The zero-order chi connectivity index (χ0) is 20.1. The van der Waals surface area contributed by atoms with Crippen LogP contribution in [-0.4, -0.2) is 46.8 Å². The second-order valence-electron chi connectivity index (χ2n) is 5.68. The average Bonchev–Trinajstić information content (AvgIpc) is 2.99. The number of aromatic nitrogens is 3. The van der Waals surface area contributed by atoms with Crippen LogP contribution in [0.15, 0.2) is 39.7 Å². The largest absolute Gasteiger partial charge is 0.462 e. The highest BCUT2D eigenvalue weighted by atomic mass is 79.9. The molecular formula is C19H20BrN3O5. The van der Waals surface area contributed by atoms with Crippen LogP contribution in [0.2, 0.25) is 0 Å². The Bertz CT molecular complexity index is 1030. The van der Waals surface area contributed by atoms with Gasteiger partial charge in [-0.05, 0) is 35.3 Å². The molecule has 9 heteroatoms. The molecule has 0 amide bonds. The molecule has 0 radical (unpaired) electrons. The summed E-state index contributed by atoms with van der Waals surface area (Å²) in [7, 11) is 0. The number of fused-ring (bicyclic) bond motifs is 1. The van der Waals surface area contributed by atoms with Gasteiger partial charge in [0.15, 0.2) is 5.65 Å². The molecule has 8 nitrogen and oxygen atoms in total. The lowest BCUT2D eigenvalue weighted by Gasteiger charge is -2.06. The van der Waals surface area contributed by atoms with E-state index in [-0.39, 0.29) is 30.4 Å². The van der Waals surface area contributed by atoms with Crippen molar-refractivity contribution < 1.29 is 19.0 Å². The zero-order valence-corrected chi connectivity index (χ0v) is 17.1. The number of H-pyrrole nitrogens is 1. The highest BCUT2D eigenvalue weighted by molar-refractivity contribution is 9.10. The van der Waals surface area contributed by atoms with Crippen molar-refractivity contribution in [1.82, 2.24) is 14.4 Å². The first-order valence-corrected chi connectivity index (χ1v) is 9.65. The van der Waals surface area contributed by atoms with Crippen molar-refractivity contribution in [3.8, 4) is 17.1 Å². The van der Waals surface area contributed by atoms with Crippen molar-refractivity contribution in [3.63, 3.8) is 0 Å². The molecule has 2 aromatic heterocycles. The number of ether oxygens (including phenoxy) is 3. The molecule has 1 aromatic carbocycles. The lowest BCUT2D eigenvalue weighted by molar-refractivity contribution is 0.0529. The van der Waals surface area contributed by atoms with Gasteiger partial charge in [-0.25, -0.2) is 14.0 Å². The zero-order valence-electron chi connectivity index (χ0n) is 15.5. The van der Waals surface area contributed by atoms with E-state index in [1.54, 1.807) is 6.92 Å². The number of nitrogens with zero attached hydrogens (tertiary/aromatic N) is 2. The van der Waals surface area contributed by atoms with E-state index in [9.17, 15) is 9.59 Å². The van der Waals surface area contributed by atoms with Crippen molar-refractivity contribution >= 4 is 27.5 Å². The monoisotopic (exact) mass is 449 g/mol. The maximum atomic E-state index is 12.7. The molecule has 0 aliphatic heterocycles. The van der Waals surface area contributed by atoms with Crippen LogP contribution in [0.5, 0.6) is 6.01 Å². The van der Waals surface area contributed by atoms with Gasteiger partial charge in [-0.15, -0.1) is 0 Å². The summed E-state index contributed by atoms with van der Waals surface area (Å²) in [6, 6.07) is 9.25. The molecule has 0 aliphatic rings. The van der Waals surface area contributed by atoms with E-state index >= 15 is 0 Å². The Morgan fingerprint density at radius 3 is 2.61 bits per heavy atom. The minimum Gasteiger partial charge on any atom is -0.462 e. The molecule has 0 saturated heterocycles. The number of carbonyl (C=O) groups is 1. The highest BCUT2D eigenvalue weighted by Gasteiger charge is 2.27. The summed E-state index contributed by atoms with van der Waals surface area (Å²) in [5, 5.41) is 0. The number of esters is 1. The fourth-order valence-electron chi connectivity index (χ4n) is 2.77. The maximum absolute atomic E-state index is 12.7. The quantitative estimate of drug-likeness (QED) is 0.419. The van der Waals surface area contributed by atoms with Crippen LogP contribution in [0.3, 0.4) is 0 Å². The van der Waals surface area contributed by atoms with Gasteiger partial charge in [0.25, 0.3) is 6.01 Å². The van der Waals surface area contributed by atoms with Gasteiger partial charge < -0.3 is 14.2 Å². The fourth-order valence-corrected chi connectivity index (χ4v) is 3.53. The third-order valence-corrected chi connectivity index (χ3v) is 4.68. The molecule has 0 aliphatic carbocycles. The van der Waals surface area contributed by atoms with Crippen molar-refractivity contribution in [2.45, 2.75) is 13.8 Å². The molecule has 148 valence electrons. The summed E-state index contributed by atoms with van der Waals surface area (Å²) in [5.41, 5.74) is 1.14. The number of carbonyl (C=O) groups excluding carboxylic acids is 1. The van der Waals surface area contributed by atoms with Gasteiger partial charge in [-0.3, -0.25) is 4.98 Å². The molecule has 0 saturated carbocycles. The van der Waals surface area contributed by atoms with Crippen LogP contribution < -0.4 is 10.4 Å². The first-order chi connectivity index (χ1) is 13.6. The lowest BCUT2D eigenvalue weighted by Crippen LogP contribution is -2.20. The normalized spacial score (nSPS) is 11.0. The molecule has 3 aromatic rings. The van der Waals surface area contributed by atoms with E-state index in [1.165, 1.54) is 4.40 Å². The molecule has 0 atom stereocenters. The van der Waals surface area contributed by atoms with Crippen molar-refractivity contribution in [1.29, 1.82) is 0 Å². The molecule has 2 heterocycles. The Morgan fingerprint density at radius 1 is 1.18 bits per heavy atom. The molecule has 0 spiro atoms. The fraction of sp³-hybridized carbons (Fsp3) is 0.316. The summed E-state index contributed by atoms with van der Waals surface area (Å²) < 4.78 is 17.6. The number of aromatic amines is 1. The Kier molecular flexibility index (Phi) is 6.48. The summed E-state index contributed by atoms with van der Waals surface area (Å²) in [6.45, 7) is 4.93. The first kappa shape index (κ1) is 20.1. The van der Waals surface area contributed by atoms with Crippen LogP contribution in [0, 0.1) is 0 Å². The molecular weight excluding hydrogens is 430 g/mol. The number of hydrogen-bond acceptors (Lipinski definition) is 6. The topological polar surface area (TPSA) is 94.9 Å². The van der Waals surface area contributed by atoms with E-state index < -0.39 is 11.7 Å². The van der Waals surface area contributed by atoms with Gasteiger partial charge in [0.1, 0.15) is 16.8 Å². The number of benzene rings is 1. The van der Waals surface area contributed by atoms with Crippen molar-refractivity contribution in [2.24, 2.45) is 0 Å². The minimum absolute atomic E-state index is 0.00682. The predicted octanol–water partition coefficient (Wildman–Crippen LogP) is 3.04.